The Kier molecular flexibility index (Phi) is 4.39. The number of fused-ring (bicyclic) bond motifs is 2. The molecule has 2 atom stereocenters. The van der Waals surface area contributed by atoms with Crippen LogP contribution in [0.2, 0.25) is 0 Å². The van der Waals surface area contributed by atoms with Gasteiger partial charge in [-0.1, -0.05) is 0 Å². The number of hydroxylamine groups is 3. The number of hydrazine groups is 1. The lowest BCUT2D eigenvalue weighted by Gasteiger charge is -2.29. The average Bonchev–Trinajstić information content (AvgIpc) is 3.08. The first-order valence-corrected chi connectivity index (χ1v) is 8.40. The van der Waals surface area contributed by atoms with E-state index in [1.807, 2.05) is 0 Å². The molecule has 4 N–H and O–H groups in total. The number of amides is 3. The molecule has 3 aliphatic heterocycles. The van der Waals surface area contributed by atoms with Crippen molar-refractivity contribution in [2.75, 3.05) is 19.6 Å². The Labute approximate surface area is 131 Å². The summed E-state index contributed by atoms with van der Waals surface area (Å²) < 4.78 is 34.6. The molecule has 3 fully saturated rings. The second kappa shape index (κ2) is 6.18. The molecule has 3 aliphatic rings. The minimum absolute atomic E-state index is 0.138. The van der Waals surface area contributed by atoms with E-state index in [2.05, 4.69) is 20.6 Å². The summed E-state index contributed by atoms with van der Waals surface area (Å²) in [6.45, 7) is 1.20. The highest BCUT2D eigenvalue weighted by Crippen LogP contribution is 2.30. The lowest BCUT2D eigenvalue weighted by atomic mass is 10.0. The van der Waals surface area contributed by atoms with E-state index in [9.17, 15) is 18.0 Å². The standard InChI is InChI=1S/C10H17N5O7S/c16-9(13-21-7-3-11-12-4-7)8-2-1-6-5-14(8)10(17)15(6)22-23(18,19)20/h6-8,11-12H,1-5H2,(H,13,16)(H,18,19,20)/t6?,8-/m0/s1. The summed E-state index contributed by atoms with van der Waals surface area (Å²) in [4.78, 5) is 30.8. The van der Waals surface area contributed by atoms with Crippen LogP contribution in [0, 0.1) is 0 Å². The third kappa shape index (κ3) is 3.54. The Bertz CT molecular complexity index is 592. The minimum atomic E-state index is -4.80. The zero-order chi connectivity index (χ0) is 16.6. The number of nitrogens with one attached hydrogen (secondary N) is 3. The molecule has 0 spiro atoms. The maximum Gasteiger partial charge on any atom is 0.418 e. The highest BCUT2D eigenvalue weighted by Gasteiger charge is 2.49. The molecule has 3 amide bonds. The van der Waals surface area contributed by atoms with Crippen LogP contribution in [0.5, 0.6) is 0 Å². The van der Waals surface area contributed by atoms with Crippen LogP contribution >= 0.6 is 0 Å². The highest BCUT2D eigenvalue weighted by molar-refractivity contribution is 7.80. The van der Waals surface area contributed by atoms with Crippen molar-refractivity contribution in [2.45, 2.75) is 31.0 Å². The molecule has 0 aromatic heterocycles. The topological polar surface area (TPSA) is 150 Å². The number of nitrogens with zero attached hydrogens (tertiary/aromatic N) is 2. The molecule has 0 radical (unpaired) electrons. The number of carbonyl (C=O) groups is 2. The Morgan fingerprint density at radius 1 is 1.30 bits per heavy atom. The lowest BCUT2D eigenvalue weighted by molar-refractivity contribution is -0.142. The largest absolute Gasteiger partial charge is 0.418 e. The number of hydrogen-bond donors (Lipinski definition) is 4. The molecule has 23 heavy (non-hydrogen) atoms. The molecule has 2 bridgehead atoms. The van der Waals surface area contributed by atoms with Crippen LogP contribution in [0.1, 0.15) is 12.8 Å². The molecular formula is C10H17N5O7S. The van der Waals surface area contributed by atoms with Gasteiger partial charge in [0.25, 0.3) is 5.91 Å². The van der Waals surface area contributed by atoms with Crippen molar-refractivity contribution >= 4 is 22.3 Å². The molecule has 3 saturated heterocycles. The molecule has 130 valence electrons. The first kappa shape index (κ1) is 16.4. The van der Waals surface area contributed by atoms with Crippen LogP contribution in [-0.4, -0.2) is 72.7 Å². The predicted molar refractivity (Wildman–Crippen MR) is 72.4 cm³/mol. The third-order valence-corrected chi connectivity index (χ3v) is 4.26. The van der Waals surface area contributed by atoms with E-state index < -0.39 is 34.4 Å². The van der Waals surface area contributed by atoms with Crippen molar-refractivity contribution in [2.24, 2.45) is 0 Å². The van der Waals surface area contributed by atoms with Gasteiger partial charge in [-0.25, -0.2) is 10.3 Å². The van der Waals surface area contributed by atoms with Gasteiger partial charge in [0.1, 0.15) is 12.1 Å². The number of piperidine rings is 1. The zero-order valence-corrected chi connectivity index (χ0v) is 12.8. The molecule has 12 nitrogen and oxygen atoms in total. The summed E-state index contributed by atoms with van der Waals surface area (Å²) in [5, 5.41) is 0.592. The van der Waals surface area contributed by atoms with Gasteiger partial charge in [-0.05, 0) is 12.8 Å². The zero-order valence-electron chi connectivity index (χ0n) is 12.0. The van der Waals surface area contributed by atoms with Crippen LogP contribution in [0.4, 0.5) is 4.79 Å². The van der Waals surface area contributed by atoms with Crippen molar-refractivity contribution in [3.8, 4) is 0 Å². The van der Waals surface area contributed by atoms with Gasteiger partial charge in [0, 0.05) is 19.6 Å². The number of carbonyl (C=O) groups excluding carboxylic acids is 2. The van der Waals surface area contributed by atoms with Gasteiger partial charge < -0.3 is 4.90 Å². The van der Waals surface area contributed by atoms with E-state index in [0.717, 1.165) is 0 Å². The number of hydrogen-bond acceptors (Lipinski definition) is 8. The van der Waals surface area contributed by atoms with Gasteiger partial charge in [0.05, 0.1) is 6.04 Å². The van der Waals surface area contributed by atoms with Crippen molar-refractivity contribution in [3.63, 3.8) is 0 Å². The van der Waals surface area contributed by atoms with Crippen LogP contribution in [-0.2, 0) is 24.3 Å². The van der Waals surface area contributed by atoms with Gasteiger partial charge in [-0.2, -0.15) is 13.5 Å². The van der Waals surface area contributed by atoms with Gasteiger partial charge in [-0.15, -0.1) is 4.28 Å². The third-order valence-electron chi connectivity index (χ3n) is 3.91. The summed E-state index contributed by atoms with van der Waals surface area (Å²) in [6, 6.07) is -2.09. The summed E-state index contributed by atoms with van der Waals surface area (Å²) in [5.74, 6) is -0.489. The Morgan fingerprint density at radius 2 is 2.00 bits per heavy atom. The summed E-state index contributed by atoms with van der Waals surface area (Å²) in [7, 11) is -4.80. The molecule has 0 aliphatic carbocycles. The van der Waals surface area contributed by atoms with Crippen molar-refractivity contribution < 1.29 is 31.7 Å². The Hall–Kier alpha value is -1.51. The normalized spacial score (nSPS) is 28.5. The highest BCUT2D eigenvalue weighted by atomic mass is 32.3. The molecule has 3 heterocycles. The molecular weight excluding hydrogens is 334 g/mol. The minimum Gasteiger partial charge on any atom is -0.309 e. The van der Waals surface area contributed by atoms with Gasteiger partial charge in [0.15, 0.2) is 0 Å². The van der Waals surface area contributed by atoms with E-state index in [1.165, 1.54) is 4.90 Å². The lowest BCUT2D eigenvalue weighted by Crippen LogP contribution is -2.50. The first-order valence-electron chi connectivity index (χ1n) is 7.03. The van der Waals surface area contributed by atoms with Crippen molar-refractivity contribution in [3.05, 3.63) is 0 Å². The molecule has 0 aromatic carbocycles. The van der Waals surface area contributed by atoms with Crippen molar-refractivity contribution in [1.82, 2.24) is 26.3 Å². The fraction of sp³-hybridized carbons (Fsp3) is 0.800. The molecule has 3 rings (SSSR count). The second-order valence-electron chi connectivity index (χ2n) is 5.48. The van der Waals surface area contributed by atoms with Gasteiger partial charge in [0.2, 0.25) is 0 Å². The van der Waals surface area contributed by atoms with Crippen molar-refractivity contribution in [1.29, 1.82) is 0 Å². The Balaban J connectivity index is 1.60. The molecule has 1 unspecified atom stereocenters. The average molecular weight is 351 g/mol. The monoisotopic (exact) mass is 351 g/mol. The number of urea groups is 1. The smallest absolute Gasteiger partial charge is 0.309 e. The first-order chi connectivity index (χ1) is 10.8. The SMILES string of the molecule is O=C(NOC1CNNC1)[C@@H]1CCC2CN1C(=O)N2OS(=O)(=O)O. The Morgan fingerprint density at radius 3 is 2.65 bits per heavy atom. The quantitative estimate of drug-likeness (QED) is 0.312. The van der Waals surface area contributed by atoms with E-state index in [-0.39, 0.29) is 12.6 Å². The van der Waals surface area contributed by atoms with Crippen LogP contribution in [0.25, 0.3) is 0 Å². The molecule has 0 aromatic rings. The van der Waals surface area contributed by atoms with E-state index in [0.29, 0.717) is 31.0 Å². The van der Waals surface area contributed by atoms with Gasteiger partial charge >= 0.3 is 16.4 Å². The van der Waals surface area contributed by atoms with Crippen LogP contribution in [0.15, 0.2) is 0 Å². The van der Waals surface area contributed by atoms with E-state index in [1.54, 1.807) is 0 Å². The summed E-state index contributed by atoms with van der Waals surface area (Å²) in [5.41, 5.74) is 8.01. The summed E-state index contributed by atoms with van der Waals surface area (Å²) in [6.07, 6.45) is 0.476. The maximum absolute atomic E-state index is 12.2. The van der Waals surface area contributed by atoms with Crippen LogP contribution < -0.4 is 16.3 Å². The fourth-order valence-electron chi connectivity index (χ4n) is 2.84. The van der Waals surface area contributed by atoms with E-state index >= 15 is 0 Å². The molecule has 0 saturated carbocycles. The van der Waals surface area contributed by atoms with E-state index in [4.69, 9.17) is 9.39 Å². The summed E-state index contributed by atoms with van der Waals surface area (Å²) >= 11 is 0. The molecule has 13 heteroatoms. The van der Waals surface area contributed by atoms with Gasteiger partial charge in [-0.3, -0.25) is 25.0 Å². The predicted octanol–water partition coefficient (Wildman–Crippen LogP) is -2.49. The maximum atomic E-state index is 12.2. The second-order valence-corrected chi connectivity index (χ2v) is 6.48. The fourth-order valence-corrected chi connectivity index (χ4v) is 3.23. The van der Waals surface area contributed by atoms with Crippen LogP contribution in [0.3, 0.4) is 0 Å². The number of rotatable bonds is 5.